The molecular weight excluding hydrogens is 507 g/mol. The maximum Gasteiger partial charge on any atom is 0.350 e. The summed E-state index contributed by atoms with van der Waals surface area (Å²) in [7, 11) is 1.67. The van der Waals surface area contributed by atoms with Crippen LogP contribution in [-0.2, 0) is 7.05 Å². The van der Waals surface area contributed by atoms with Gasteiger partial charge in [-0.25, -0.2) is 4.79 Å². The smallest absolute Gasteiger partial charge is 0.350 e. The average molecular weight is 533 g/mol. The predicted molar refractivity (Wildman–Crippen MR) is 149 cm³/mol. The summed E-state index contributed by atoms with van der Waals surface area (Å²) in [6, 6.07) is 19.5. The van der Waals surface area contributed by atoms with Gasteiger partial charge in [-0.3, -0.25) is 9.47 Å². The Morgan fingerprint density at radius 1 is 0.892 bits per heavy atom. The molecule has 0 spiro atoms. The fourth-order valence-electron chi connectivity index (χ4n) is 5.13. The number of aromatic nitrogens is 3. The molecule has 0 saturated carbocycles. The first-order chi connectivity index (χ1) is 17.8. The fourth-order valence-corrected chi connectivity index (χ4v) is 5.39. The summed E-state index contributed by atoms with van der Waals surface area (Å²) in [6.45, 7) is 13.1. The fraction of sp³-hybridized carbons (Fsp3) is 0.286. The van der Waals surface area contributed by atoms with Gasteiger partial charge >= 0.3 is 5.69 Å². The maximum absolute atomic E-state index is 12.7. The molecule has 37 heavy (non-hydrogen) atoms. The lowest BCUT2D eigenvalue weighted by molar-refractivity contribution is 0.129. The van der Waals surface area contributed by atoms with Crippen LogP contribution in [0.4, 0.5) is 11.6 Å². The van der Waals surface area contributed by atoms with Gasteiger partial charge < -0.3 is 9.74 Å². The molecule has 188 valence electrons. The van der Waals surface area contributed by atoms with Gasteiger partial charge in [0.1, 0.15) is 0 Å². The number of hydrogen-bond acceptors (Lipinski definition) is 5. The van der Waals surface area contributed by atoms with E-state index in [1.165, 1.54) is 4.57 Å². The molecule has 1 fully saturated rings. The van der Waals surface area contributed by atoms with Gasteiger partial charge in [-0.05, 0) is 61.4 Å². The van der Waals surface area contributed by atoms with Crippen molar-refractivity contribution in [1.82, 2.24) is 19.4 Å². The number of anilines is 1. The number of nitrogens with zero attached hydrogens (tertiary/aromatic N) is 6. The van der Waals surface area contributed by atoms with Crippen molar-refractivity contribution in [2.45, 2.75) is 32.0 Å². The molecule has 0 radical (unpaired) electrons. The molecule has 0 amide bonds. The monoisotopic (exact) mass is 532 g/mol. The Labute approximate surface area is 225 Å². The second-order valence-electron chi connectivity index (χ2n) is 9.48. The van der Waals surface area contributed by atoms with Crippen molar-refractivity contribution < 1.29 is 0 Å². The van der Waals surface area contributed by atoms with Crippen molar-refractivity contribution in [3.8, 4) is 0 Å². The second-order valence-corrected chi connectivity index (χ2v) is 10.4. The molecule has 4 aromatic rings. The third-order valence-electron chi connectivity index (χ3n) is 7.04. The first kappa shape index (κ1) is 25.2. The molecule has 2 aromatic heterocycles. The van der Waals surface area contributed by atoms with Gasteiger partial charge in [0, 0.05) is 42.3 Å². The second kappa shape index (κ2) is 10.1. The summed E-state index contributed by atoms with van der Waals surface area (Å²) < 4.78 is 1.47. The number of benzene rings is 2. The third-order valence-corrected chi connectivity index (χ3v) is 7.55. The highest BCUT2D eigenvalue weighted by Gasteiger charge is 2.37. The summed E-state index contributed by atoms with van der Waals surface area (Å²) in [5, 5.41) is 1.39. The summed E-state index contributed by atoms with van der Waals surface area (Å²) in [5.74, 6) is 0.802. The van der Waals surface area contributed by atoms with Crippen LogP contribution in [0.2, 0.25) is 10.0 Å². The Hall–Kier alpha value is -3.44. The van der Waals surface area contributed by atoms with Gasteiger partial charge in [0.15, 0.2) is 5.82 Å². The van der Waals surface area contributed by atoms with Crippen molar-refractivity contribution in [3.63, 3.8) is 0 Å². The van der Waals surface area contributed by atoms with E-state index in [2.05, 4.69) is 62.7 Å². The zero-order valence-electron chi connectivity index (χ0n) is 20.8. The molecule has 7 nitrogen and oxygen atoms in total. The summed E-state index contributed by atoms with van der Waals surface area (Å²) >= 11 is 12.4. The largest absolute Gasteiger partial charge is 0.361 e. The lowest BCUT2D eigenvalue weighted by atomic mass is 9.93. The molecule has 2 aromatic carbocycles. The van der Waals surface area contributed by atoms with Crippen LogP contribution in [0.25, 0.3) is 15.9 Å². The van der Waals surface area contributed by atoms with Gasteiger partial charge in [-0.2, -0.15) is 4.98 Å². The summed E-state index contributed by atoms with van der Waals surface area (Å²) in [4.78, 5) is 29.8. The van der Waals surface area contributed by atoms with E-state index in [-0.39, 0.29) is 29.6 Å². The average Bonchev–Trinajstić information content (AvgIpc) is 2.90. The van der Waals surface area contributed by atoms with Crippen LogP contribution in [-0.4, -0.2) is 44.6 Å². The molecule has 0 N–H and O–H groups in total. The minimum Gasteiger partial charge on any atom is -0.361 e. The van der Waals surface area contributed by atoms with Crippen molar-refractivity contribution in [1.29, 1.82) is 0 Å². The lowest BCUT2D eigenvalue weighted by Gasteiger charge is -2.48. The highest BCUT2D eigenvalue weighted by atomic mass is 35.5. The SMILES string of the molecule is [C-]#[N+]c1ccc2c(n1)c(N1C[C@@H](C)N(C(c3ccc(Cl)cc3)c3ccc(Cl)cc3)C[C@@H]1C)nc(=O)n2C. The van der Waals surface area contributed by atoms with Gasteiger partial charge in [0.05, 0.1) is 11.6 Å². The number of rotatable bonds is 4. The van der Waals surface area contributed by atoms with E-state index >= 15 is 0 Å². The number of pyridine rings is 1. The molecule has 1 aliphatic rings. The molecule has 0 bridgehead atoms. The summed E-state index contributed by atoms with van der Waals surface area (Å²) in [5.41, 5.74) is 3.15. The number of fused-ring (bicyclic) bond motifs is 1. The van der Waals surface area contributed by atoms with Crippen LogP contribution in [0, 0.1) is 6.57 Å². The molecule has 1 aliphatic heterocycles. The molecule has 2 atom stereocenters. The first-order valence-electron chi connectivity index (χ1n) is 12.1. The van der Waals surface area contributed by atoms with E-state index in [9.17, 15) is 4.79 Å². The number of halogens is 2. The highest BCUT2D eigenvalue weighted by Crippen LogP contribution is 2.36. The lowest BCUT2D eigenvalue weighted by Crippen LogP contribution is -2.58. The topological polar surface area (TPSA) is 58.6 Å². The van der Waals surface area contributed by atoms with Crippen molar-refractivity contribution in [2.24, 2.45) is 7.05 Å². The van der Waals surface area contributed by atoms with Crippen LogP contribution in [0.15, 0.2) is 65.5 Å². The van der Waals surface area contributed by atoms with Crippen LogP contribution in [0.1, 0.15) is 31.0 Å². The molecule has 0 unspecified atom stereocenters. The molecule has 9 heteroatoms. The minimum absolute atomic E-state index is 0.00526. The van der Waals surface area contributed by atoms with Gasteiger partial charge in [0.25, 0.3) is 5.82 Å². The van der Waals surface area contributed by atoms with Crippen LogP contribution in [0.3, 0.4) is 0 Å². The Kier molecular flexibility index (Phi) is 6.91. The van der Waals surface area contributed by atoms with Crippen molar-refractivity contribution >= 4 is 45.9 Å². The van der Waals surface area contributed by atoms with E-state index in [0.29, 0.717) is 33.4 Å². The van der Waals surface area contributed by atoms with Gasteiger partial charge in [-0.1, -0.05) is 54.0 Å². The first-order valence-corrected chi connectivity index (χ1v) is 12.8. The molecule has 0 aliphatic carbocycles. The summed E-state index contributed by atoms with van der Waals surface area (Å²) in [6.07, 6.45) is 0. The predicted octanol–water partition coefficient (Wildman–Crippen LogP) is 5.87. The minimum atomic E-state index is -0.345. The standard InChI is InChI=1S/C28H26Cl2N6O/c1-17-16-36(27-25-23(34(4)28(37)33-27)13-14-24(31-3)32-25)18(2)15-35(17)26(19-5-9-21(29)10-6-19)20-7-11-22(30)12-8-20/h5-14,17-18,26H,15-16H2,1-2,4H3/t17-,18+/m1/s1. The molecular formula is C28H26Cl2N6O. The molecule has 5 rings (SSSR count). The van der Waals surface area contributed by atoms with Gasteiger partial charge in [-0.15, -0.1) is 4.98 Å². The maximum atomic E-state index is 12.7. The Bertz CT molecular complexity index is 1500. The highest BCUT2D eigenvalue weighted by molar-refractivity contribution is 6.30. The van der Waals surface area contributed by atoms with Crippen LogP contribution in [0.5, 0.6) is 0 Å². The Balaban J connectivity index is 1.55. The molecule has 3 heterocycles. The third kappa shape index (κ3) is 4.80. The Morgan fingerprint density at radius 2 is 1.49 bits per heavy atom. The Morgan fingerprint density at radius 3 is 2.05 bits per heavy atom. The number of aryl methyl sites for hydroxylation is 1. The van der Waals surface area contributed by atoms with Gasteiger partial charge in [0.2, 0.25) is 5.52 Å². The van der Waals surface area contributed by atoms with Crippen molar-refractivity contribution in [3.05, 3.63) is 104 Å². The van der Waals surface area contributed by atoms with E-state index in [4.69, 9.17) is 29.8 Å². The normalized spacial score (nSPS) is 18.4. The number of hydrogen-bond donors (Lipinski definition) is 0. The quantitative estimate of drug-likeness (QED) is 0.307. The van der Waals surface area contributed by atoms with E-state index in [1.54, 1.807) is 19.2 Å². The van der Waals surface area contributed by atoms with Crippen molar-refractivity contribution in [2.75, 3.05) is 18.0 Å². The van der Waals surface area contributed by atoms with E-state index < -0.39 is 0 Å². The van der Waals surface area contributed by atoms with Crippen LogP contribution >= 0.6 is 23.2 Å². The van der Waals surface area contributed by atoms with E-state index in [1.807, 2.05) is 24.3 Å². The zero-order valence-corrected chi connectivity index (χ0v) is 22.3. The zero-order chi connectivity index (χ0) is 26.3. The van der Waals surface area contributed by atoms with Crippen LogP contribution < -0.4 is 10.6 Å². The van der Waals surface area contributed by atoms with E-state index in [0.717, 1.165) is 17.7 Å². The molecule has 1 saturated heterocycles. The number of piperazine rings is 1.